The molecular formula is C21H19Cl2N3O2. The summed E-state index contributed by atoms with van der Waals surface area (Å²) in [4.78, 5) is 19.3. The third-order valence-corrected chi connectivity index (χ3v) is 5.49. The van der Waals surface area contributed by atoms with Crippen molar-refractivity contribution in [3.05, 3.63) is 69.5 Å². The van der Waals surface area contributed by atoms with E-state index in [0.29, 0.717) is 40.4 Å². The van der Waals surface area contributed by atoms with E-state index in [-0.39, 0.29) is 11.8 Å². The Hall–Kier alpha value is -2.37. The summed E-state index contributed by atoms with van der Waals surface area (Å²) in [6.07, 6.45) is 1.76. The van der Waals surface area contributed by atoms with Gasteiger partial charge in [-0.3, -0.25) is 4.79 Å². The van der Waals surface area contributed by atoms with E-state index >= 15 is 0 Å². The molecule has 4 rings (SSSR count). The first-order valence-electron chi connectivity index (χ1n) is 9.16. The zero-order valence-corrected chi connectivity index (χ0v) is 16.9. The van der Waals surface area contributed by atoms with E-state index in [0.717, 1.165) is 24.0 Å². The quantitative estimate of drug-likeness (QED) is 0.576. The largest absolute Gasteiger partial charge is 0.339 e. The SMILES string of the molecule is Cc1cccc(-c2noc(C3CCCN(C(=O)c4ccc(Cl)cc4Cl)C3)n2)c1. The van der Waals surface area contributed by atoms with Crippen molar-refractivity contribution in [3.8, 4) is 11.4 Å². The average molecular weight is 416 g/mol. The van der Waals surface area contributed by atoms with Gasteiger partial charge in [-0.25, -0.2) is 0 Å². The maximum Gasteiger partial charge on any atom is 0.255 e. The molecule has 3 aromatic rings. The Morgan fingerprint density at radius 2 is 2.07 bits per heavy atom. The summed E-state index contributed by atoms with van der Waals surface area (Å²) in [5, 5.41) is 5.00. The number of carbonyl (C=O) groups is 1. The number of hydrogen-bond acceptors (Lipinski definition) is 4. The second-order valence-electron chi connectivity index (χ2n) is 7.04. The summed E-state index contributed by atoms with van der Waals surface area (Å²) in [6.45, 7) is 3.22. The van der Waals surface area contributed by atoms with E-state index < -0.39 is 0 Å². The van der Waals surface area contributed by atoms with E-state index in [1.807, 2.05) is 31.2 Å². The third-order valence-electron chi connectivity index (χ3n) is 4.94. The van der Waals surface area contributed by atoms with Crippen molar-refractivity contribution in [1.82, 2.24) is 15.0 Å². The van der Waals surface area contributed by atoms with Gasteiger partial charge in [0.25, 0.3) is 5.91 Å². The van der Waals surface area contributed by atoms with Gasteiger partial charge in [-0.15, -0.1) is 0 Å². The first-order valence-corrected chi connectivity index (χ1v) is 9.92. The molecule has 2 aromatic carbocycles. The monoisotopic (exact) mass is 415 g/mol. The molecule has 1 fully saturated rings. The molecule has 7 heteroatoms. The smallest absolute Gasteiger partial charge is 0.255 e. The van der Waals surface area contributed by atoms with E-state index in [1.165, 1.54) is 0 Å². The van der Waals surface area contributed by atoms with E-state index in [4.69, 9.17) is 27.7 Å². The number of carbonyl (C=O) groups excluding carboxylic acids is 1. The predicted octanol–water partition coefficient (Wildman–Crippen LogP) is 5.37. The minimum absolute atomic E-state index is 0.00911. The van der Waals surface area contributed by atoms with Crippen LogP contribution in [0.5, 0.6) is 0 Å². The number of halogens is 2. The summed E-state index contributed by atoms with van der Waals surface area (Å²) < 4.78 is 5.53. The highest BCUT2D eigenvalue weighted by Gasteiger charge is 2.30. The Bertz CT molecular complexity index is 1020. The minimum atomic E-state index is -0.107. The first-order chi connectivity index (χ1) is 13.5. The molecule has 144 valence electrons. The highest BCUT2D eigenvalue weighted by atomic mass is 35.5. The number of amides is 1. The predicted molar refractivity (Wildman–Crippen MR) is 109 cm³/mol. The normalized spacial score (nSPS) is 17.0. The molecular weight excluding hydrogens is 397 g/mol. The second kappa shape index (κ2) is 7.94. The molecule has 5 nitrogen and oxygen atoms in total. The van der Waals surface area contributed by atoms with E-state index in [9.17, 15) is 4.79 Å². The lowest BCUT2D eigenvalue weighted by atomic mass is 9.97. The van der Waals surface area contributed by atoms with Gasteiger partial charge in [0.15, 0.2) is 0 Å². The maximum atomic E-state index is 12.9. The lowest BCUT2D eigenvalue weighted by molar-refractivity contribution is 0.0696. The first kappa shape index (κ1) is 19.0. The van der Waals surface area contributed by atoms with Gasteiger partial charge >= 0.3 is 0 Å². The number of rotatable bonds is 3. The number of hydrogen-bond donors (Lipinski definition) is 0. The van der Waals surface area contributed by atoms with Crippen molar-refractivity contribution >= 4 is 29.1 Å². The standard InChI is InChI=1S/C21H19Cl2N3O2/c1-13-4-2-5-14(10-13)19-24-20(28-25-19)15-6-3-9-26(12-15)21(27)17-8-7-16(22)11-18(17)23/h2,4-5,7-8,10-11,15H,3,6,9,12H2,1H3. The van der Waals surface area contributed by atoms with Gasteiger partial charge < -0.3 is 9.42 Å². The highest BCUT2D eigenvalue weighted by Crippen LogP contribution is 2.30. The van der Waals surface area contributed by atoms with Crippen molar-refractivity contribution in [2.45, 2.75) is 25.7 Å². The van der Waals surface area contributed by atoms with Crippen molar-refractivity contribution in [2.75, 3.05) is 13.1 Å². The Labute approximate surface area is 173 Å². The molecule has 0 saturated carbocycles. The van der Waals surface area contributed by atoms with Crippen LogP contribution < -0.4 is 0 Å². The lowest BCUT2D eigenvalue weighted by Crippen LogP contribution is -2.39. The molecule has 0 aliphatic carbocycles. The molecule has 1 amide bonds. The van der Waals surface area contributed by atoms with E-state index in [2.05, 4.69) is 10.1 Å². The van der Waals surface area contributed by atoms with Gasteiger partial charge in [-0.2, -0.15) is 4.98 Å². The summed E-state index contributed by atoms with van der Waals surface area (Å²) >= 11 is 12.1. The Kier molecular flexibility index (Phi) is 5.38. The fourth-order valence-corrected chi connectivity index (χ4v) is 3.99. The summed E-state index contributed by atoms with van der Waals surface area (Å²) in [7, 11) is 0. The Balaban J connectivity index is 1.52. The van der Waals surface area contributed by atoms with Crippen molar-refractivity contribution in [3.63, 3.8) is 0 Å². The molecule has 1 atom stereocenters. The lowest BCUT2D eigenvalue weighted by Gasteiger charge is -2.31. The van der Waals surface area contributed by atoms with Gasteiger partial charge in [0.05, 0.1) is 16.5 Å². The maximum absolute atomic E-state index is 12.9. The van der Waals surface area contributed by atoms with Gasteiger partial charge in [-0.05, 0) is 44.0 Å². The highest BCUT2D eigenvalue weighted by molar-refractivity contribution is 6.36. The van der Waals surface area contributed by atoms with Crippen LogP contribution in [0.25, 0.3) is 11.4 Å². The molecule has 2 heterocycles. The minimum Gasteiger partial charge on any atom is -0.339 e. The van der Waals surface area contributed by atoms with Crippen LogP contribution in [-0.2, 0) is 0 Å². The fraction of sp³-hybridized carbons (Fsp3) is 0.286. The molecule has 1 saturated heterocycles. The summed E-state index contributed by atoms with van der Waals surface area (Å²) in [6, 6.07) is 12.9. The van der Waals surface area contributed by atoms with Crippen LogP contribution >= 0.6 is 23.2 Å². The number of likely N-dealkylation sites (tertiary alicyclic amines) is 1. The molecule has 28 heavy (non-hydrogen) atoms. The Morgan fingerprint density at radius 1 is 1.21 bits per heavy atom. The van der Waals surface area contributed by atoms with Crippen LogP contribution in [0.3, 0.4) is 0 Å². The topological polar surface area (TPSA) is 59.2 Å². The van der Waals surface area contributed by atoms with Crippen LogP contribution in [0.1, 0.15) is 40.6 Å². The van der Waals surface area contributed by atoms with Gasteiger partial charge in [0.2, 0.25) is 11.7 Å². The molecule has 0 bridgehead atoms. The number of piperidine rings is 1. The number of benzene rings is 2. The molecule has 1 aliphatic rings. The van der Waals surface area contributed by atoms with Crippen molar-refractivity contribution in [1.29, 1.82) is 0 Å². The van der Waals surface area contributed by atoms with Crippen LogP contribution in [0.2, 0.25) is 10.0 Å². The van der Waals surface area contributed by atoms with Crippen LogP contribution in [0, 0.1) is 6.92 Å². The van der Waals surface area contributed by atoms with Crippen LogP contribution in [0.4, 0.5) is 0 Å². The summed E-state index contributed by atoms with van der Waals surface area (Å²) in [5.41, 5.74) is 2.52. The third kappa shape index (κ3) is 3.91. The zero-order chi connectivity index (χ0) is 19.7. The zero-order valence-electron chi connectivity index (χ0n) is 15.4. The molecule has 0 spiro atoms. The average Bonchev–Trinajstić information content (AvgIpc) is 3.18. The molecule has 1 aromatic heterocycles. The van der Waals surface area contributed by atoms with Crippen molar-refractivity contribution in [2.24, 2.45) is 0 Å². The van der Waals surface area contributed by atoms with Crippen molar-refractivity contribution < 1.29 is 9.32 Å². The number of nitrogens with zero attached hydrogens (tertiary/aromatic N) is 3. The fourth-order valence-electron chi connectivity index (χ4n) is 3.50. The van der Waals surface area contributed by atoms with Crippen LogP contribution in [-0.4, -0.2) is 34.0 Å². The molecule has 1 aliphatic heterocycles. The van der Waals surface area contributed by atoms with Gasteiger partial charge in [-0.1, -0.05) is 52.1 Å². The number of aromatic nitrogens is 2. The molecule has 0 N–H and O–H groups in total. The Morgan fingerprint density at radius 3 is 2.86 bits per heavy atom. The molecule has 1 unspecified atom stereocenters. The second-order valence-corrected chi connectivity index (χ2v) is 7.88. The molecule has 0 radical (unpaired) electrons. The summed E-state index contributed by atoms with van der Waals surface area (Å²) in [5.74, 6) is 1.04. The van der Waals surface area contributed by atoms with Gasteiger partial charge in [0.1, 0.15) is 0 Å². The van der Waals surface area contributed by atoms with Gasteiger partial charge in [0, 0.05) is 23.7 Å². The number of aryl methyl sites for hydroxylation is 1. The van der Waals surface area contributed by atoms with E-state index in [1.54, 1.807) is 23.1 Å². The van der Waals surface area contributed by atoms with Crippen LogP contribution in [0.15, 0.2) is 47.0 Å².